The molecule has 1 aliphatic rings. The molecule has 1 aliphatic heterocycles. The molecule has 0 saturated carbocycles. The molecule has 15 heavy (non-hydrogen) atoms. The molecule has 0 aromatic carbocycles. The van der Waals surface area contributed by atoms with Crippen LogP contribution >= 0.6 is 0 Å². The molecular formula is C12H23BO2. The largest absolute Gasteiger partial charge is 0.460 e. The van der Waals surface area contributed by atoms with Gasteiger partial charge in [0.25, 0.3) is 0 Å². The van der Waals surface area contributed by atoms with Crippen LogP contribution in [-0.2, 0) is 9.31 Å². The SMILES string of the molecule is C/C=C/CCCC(CCC)B1OCCO1. The molecule has 1 rings (SSSR count). The summed E-state index contributed by atoms with van der Waals surface area (Å²) in [6, 6.07) is 0. The van der Waals surface area contributed by atoms with Crippen LogP contribution in [0.25, 0.3) is 0 Å². The zero-order valence-corrected chi connectivity index (χ0v) is 10.1. The van der Waals surface area contributed by atoms with Crippen LogP contribution in [0.3, 0.4) is 0 Å². The summed E-state index contributed by atoms with van der Waals surface area (Å²) in [4.78, 5) is 0. The first-order valence-electron chi connectivity index (χ1n) is 6.22. The molecule has 1 fully saturated rings. The minimum atomic E-state index is 0.0792. The van der Waals surface area contributed by atoms with E-state index in [0.29, 0.717) is 5.82 Å². The second kappa shape index (κ2) is 7.94. The Morgan fingerprint density at radius 1 is 1.27 bits per heavy atom. The topological polar surface area (TPSA) is 18.5 Å². The Bertz CT molecular complexity index is 176. The summed E-state index contributed by atoms with van der Waals surface area (Å²) in [5, 5.41) is 0. The van der Waals surface area contributed by atoms with Gasteiger partial charge in [-0.1, -0.05) is 44.8 Å². The predicted octanol–water partition coefficient (Wildman–Crippen LogP) is 3.44. The summed E-state index contributed by atoms with van der Waals surface area (Å²) in [6.45, 7) is 5.86. The molecule has 0 N–H and O–H groups in total. The third-order valence-corrected chi connectivity index (χ3v) is 2.87. The fourth-order valence-corrected chi connectivity index (χ4v) is 2.10. The van der Waals surface area contributed by atoms with Crippen molar-refractivity contribution in [2.24, 2.45) is 0 Å². The maximum Gasteiger partial charge on any atom is 0.460 e. The summed E-state index contributed by atoms with van der Waals surface area (Å²) < 4.78 is 11.2. The van der Waals surface area contributed by atoms with Gasteiger partial charge in [0.15, 0.2) is 0 Å². The second-order valence-corrected chi connectivity index (χ2v) is 4.16. The molecule has 1 saturated heterocycles. The van der Waals surface area contributed by atoms with Crippen molar-refractivity contribution in [1.82, 2.24) is 0 Å². The highest BCUT2D eigenvalue weighted by molar-refractivity contribution is 6.46. The molecule has 1 atom stereocenters. The molecule has 86 valence electrons. The maximum atomic E-state index is 5.58. The van der Waals surface area contributed by atoms with Crippen molar-refractivity contribution >= 4 is 7.12 Å². The summed E-state index contributed by atoms with van der Waals surface area (Å²) in [5.41, 5.74) is 0. The Morgan fingerprint density at radius 2 is 2.00 bits per heavy atom. The third-order valence-electron chi connectivity index (χ3n) is 2.87. The first-order valence-corrected chi connectivity index (χ1v) is 6.22. The maximum absolute atomic E-state index is 5.58. The van der Waals surface area contributed by atoms with Crippen molar-refractivity contribution in [3.63, 3.8) is 0 Å². The van der Waals surface area contributed by atoms with E-state index in [4.69, 9.17) is 9.31 Å². The summed E-state index contributed by atoms with van der Waals surface area (Å²) in [6.07, 6.45) is 10.5. The van der Waals surface area contributed by atoms with Gasteiger partial charge in [-0.3, -0.25) is 0 Å². The Kier molecular flexibility index (Phi) is 6.78. The lowest BCUT2D eigenvalue weighted by Gasteiger charge is -2.17. The summed E-state index contributed by atoms with van der Waals surface area (Å²) in [5.74, 6) is 0.600. The zero-order valence-electron chi connectivity index (χ0n) is 10.1. The molecule has 0 aromatic rings. The van der Waals surface area contributed by atoms with Crippen LogP contribution in [0, 0.1) is 0 Å². The second-order valence-electron chi connectivity index (χ2n) is 4.16. The molecule has 2 nitrogen and oxygen atoms in total. The first kappa shape index (κ1) is 12.8. The smallest absolute Gasteiger partial charge is 0.409 e. The van der Waals surface area contributed by atoms with E-state index in [1.54, 1.807) is 0 Å². The predicted molar refractivity (Wildman–Crippen MR) is 65.0 cm³/mol. The summed E-state index contributed by atoms with van der Waals surface area (Å²) in [7, 11) is 0.0792. The molecule has 0 aromatic heterocycles. The lowest BCUT2D eigenvalue weighted by Crippen LogP contribution is -2.22. The average molecular weight is 210 g/mol. The first-order chi connectivity index (χ1) is 7.38. The van der Waals surface area contributed by atoms with E-state index in [2.05, 4.69) is 26.0 Å². The van der Waals surface area contributed by atoms with Gasteiger partial charge < -0.3 is 9.31 Å². The number of hydrogen-bond acceptors (Lipinski definition) is 2. The van der Waals surface area contributed by atoms with Gasteiger partial charge in [0.1, 0.15) is 0 Å². The highest BCUT2D eigenvalue weighted by Gasteiger charge is 2.32. The van der Waals surface area contributed by atoms with Gasteiger partial charge in [-0.05, 0) is 19.2 Å². The van der Waals surface area contributed by atoms with Gasteiger partial charge in [0, 0.05) is 0 Å². The van der Waals surface area contributed by atoms with E-state index >= 15 is 0 Å². The molecule has 0 spiro atoms. The van der Waals surface area contributed by atoms with Crippen molar-refractivity contribution in [2.75, 3.05) is 13.2 Å². The minimum absolute atomic E-state index is 0.0792. The van der Waals surface area contributed by atoms with E-state index in [0.717, 1.165) is 13.2 Å². The number of hydrogen-bond donors (Lipinski definition) is 0. The van der Waals surface area contributed by atoms with Crippen LogP contribution in [0.15, 0.2) is 12.2 Å². The van der Waals surface area contributed by atoms with Crippen molar-refractivity contribution < 1.29 is 9.31 Å². The Morgan fingerprint density at radius 3 is 2.60 bits per heavy atom. The van der Waals surface area contributed by atoms with Crippen LogP contribution < -0.4 is 0 Å². The van der Waals surface area contributed by atoms with Crippen molar-refractivity contribution in [1.29, 1.82) is 0 Å². The third kappa shape index (κ3) is 4.85. The quantitative estimate of drug-likeness (QED) is 0.364. The zero-order chi connectivity index (χ0) is 10.9. The highest BCUT2D eigenvalue weighted by atomic mass is 16.6. The fraction of sp³-hybridized carbons (Fsp3) is 0.833. The minimum Gasteiger partial charge on any atom is -0.409 e. The van der Waals surface area contributed by atoms with Crippen LogP contribution in [0.1, 0.15) is 46.0 Å². The number of allylic oxidation sites excluding steroid dienone is 2. The molecule has 0 radical (unpaired) electrons. The van der Waals surface area contributed by atoms with E-state index in [1.165, 1.54) is 32.1 Å². The molecule has 0 bridgehead atoms. The molecule has 0 amide bonds. The van der Waals surface area contributed by atoms with Gasteiger partial charge in [-0.25, -0.2) is 0 Å². The van der Waals surface area contributed by atoms with E-state index in [-0.39, 0.29) is 7.12 Å². The van der Waals surface area contributed by atoms with Crippen molar-refractivity contribution in [2.45, 2.75) is 51.8 Å². The van der Waals surface area contributed by atoms with Crippen LogP contribution in [0.2, 0.25) is 5.82 Å². The van der Waals surface area contributed by atoms with E-state index in [1.807, 2.05) is 0 Å². The van der Waals surface area contributed by atoms with Crippen LogP contribution in [0.4, 0.5) is 0 Å². The fourth-order valence-electron chi connectivity index (χ4n) is 2.10. The van der Waals surface area contributed by atoms with Crippen molar-refractivity contribution in [3.05, 3.63) is 12.2 Å². The molecule has 1 unspecified atom stereocenters. The lowest BCUT2D eigenvalue weighted by atomic mass is 9.67. The normalized spacial score (nSPS) is 18.9. The highest BCUT2D eigenvalue weighted by Crippen LogP contribution is 2.27. The monoisotopic (exact) mass is 210 g/mol. The molecule has 1 heterocycles. The Labute approximate surface area is 94.2 Å². The van der Waals surface area contributed by atoms with Crippen LogP contribution in [0.5, 0.6) is 0 Å². The Hall–Kier alpha value is -0.275. The van der Waals surface area contributed by atoms with Gasteiger partial charge in [-0.2, -0.15) is 0 Å². The molecule has 0 aliphatic carbocycles. The number of unbranched alkanes of at least 4 members (excludes halogenated alkanes) is 1. The van der Waals surface area contributed by atoms with Crippen LogP contribution in [-0.4, -0.2) is 20.3 Å². The van der Waals surface area contributed by atoms with Gasteiger partial charge in [0.2, 0.25) is 0 Å². The average Bonchev–Trinajstić information content (AvgIpc) is 2.76. The van der Waals surface area contributed by atoms with E-state index < -0.39 is 0 Å². The molecule has 3 heteroatoms. The Balaban J connectivity index is 2.22. The van der Waals surface area contributed by atoms with Gasteiger partial charge in [0.05, 0.1) is 13.2 Å². The standard InChI is InChI=1S/C12H23BO2/c1-3-5-6-7-9-12(8-4-2)13-14-10-11-15-13/h3,5,12H,4,6-11H2,1-2H3/b5-3+. The van der Waals surface area contributed by atoms with Gasteiger partial charge in [-0.15, -0.1) is 0 Å². The van der Waals surface area contributed by atoms with E-state index in [9.17, 15) is 0 Å². The van der Waals surface area contributed by atoms with Gasteiger partial charge >= 0.3 is 7.12 Å². The summed E-state index contributed by atoms with van der Waals surface area (Å²) >= 11 is 0. The molecular weight excluding hydrogens is 187 g/mol. The van der Waals surface area contributed by atoms with Crippen molar-refractivity contribution in [3.8, 4) is 0 Å². The number of rotatable bonds is 7. The lowest BCUT2D eigenvalue weighted by molar-refractivity contribution is 0.345.